The van der Waals surface area contributed by atoms with E-state index < -0.39 is 11.7 Å². The fourth-order valence-corrected chi connectivity index (χ4v) is 1.95. The second-order valence-corrected chi connectivity index (χ2v) is 4.66. The Balaban J connectivity index is 2.95. The van der Waals surface area contributed by atoms with Crippen LogP contribution in [0, 0.1) is 11.3 Å². The van der Waals surface area contributed by atoms with E-state index in [4.69, 9.17) is 5.26 Å². The van der Waals surface area contributed by atoms with E-state index >= 15 is 0 Å². The Hall–Kier alpha value is -1.22. The number of anilines is 1. The number of nitrogens with one attached hydrogen (secondary N) is 1. The predicted molar refractivity (Wildman–Crippen MR) is 67.1 cm³/mol. The molecule has 1 aromatic carbocycles. The molecule has 6 heteroatoms. The fourth-order valence-electron chi connectivity index (χ4n) is 1.48. The third-order valence-corrected chi connectivity index (χ3v) is 3.16. The molecule has 0 saturated carbocycles. The lowest BCUT2D eigenvalue weighted by Crippen LogP contribution is -2.18. The van der Waals surface area contributed by atoms with E-state index in [1.54, 1.807) is 6.07 Å². The van der Waals surface area contributed by atoms with Crippen molar-refractivity contribution in [3.05, 3.63) is 28.2 Å². The summed E-state index contributed by atoms with van der Waals surface area (Å²) in [4.78, 5) is 0. The molecule has 1 unspecified atom stereocenters. The molecule has 0 spiro atoms. The van der Waals surface area contributed by atoms with Gasteiger partial charge in [0.25, 0.3) is 0 Å². The summed E-state index contributed by atoms with van der Waals surface area (Å²) in [5.41, 5.74) is -0.355. The molecule has 0 fully saturated rings. The SMILES string of the molecule is CCC(CC#N)Nc1ccc(Br)c(C(F)(F)F)c1. The normalized spacial score (nSPS) is 12.9. The first-order chi connectivity index (χ1) is 8.38. The highest BCUT2D eigenvalue weighted by molar-refractivity contribution is 9.10. The number of alkyl halides is 3. The van der Waals surface area contributed by atoms with Crippen LogP contribution in [0.3, 0.4) is 0 Å². The summed E-state index contributed by atoms with van der Waals surface area (Å²) < 4.78 is 38.1. The van der Waals surface area contributed by atoms with Crippen LogP contribution in [0.15, 0.2) is 22.7 Å². The van der Waals surface area contributed by atoms with E-state index in [0.717, 1.165) is 6.07 Å². The molecule has 2 nitrogen and oxygen atoms in total. The van der Waals surface area contributed by atoms with Gasteiger partial charge in [-0.05, 0) is 24.6 Å². The third kappa shape index (κ3) is 3.91. The van der Waals surface area contributed by atoms with E-state index in [9.17, 15) is 13.2 Å². The van der Waals surface area contributed by atoms with Crippen molar-refractivity contribution in [3.8, 4) is 6.07 Å². The van der Waals surface area contributed by atoms with E-state index in [1.165, 1.54) is 6.07 Å². The number of hydrogen-bond donors (Lipinski definition) is 1. The van der Waals surface area contributed by atoms with Gasteiger partial charge in [-0.1, -0.05) is 22.9 Å². The van der Waals surface area contributed by atoms with E-state index in [0.29, 0.717) is 12.1 Å². The van der Waals surface area contributed by atoms with Gasteiger partial charge in [-0.2, -0.15) is 18.4 Å². The quantitative estimate of drug-likeness (QED) is 0.881. The highest BCUT2D eigenvalue weighted by Gasteiger charge is 2.33. The van der Waals surface area contributed by atoms with Gasteiger partial charge in [0.15, 0.2) is 0 Å². The number of hydrogen-bond acceptors (Lipinski definition) is 2. The lowest BCUT2D eigenvalue weighted by Gasteiger charge is -2.17. The summed E-state index contributed by atoms with van der Waals surface area (Å²) in [6.07, 6.45) is -3.47. The third-order valence-electron chi connectivity index (χ3n) is 2.47. The van der Waals surface area contributed by atoms with E-state index in [-0.39, 0.29) is 16.9 Å². The maximum Gasteiger partial charge on any atom is 0.417 e. The molecule has 0 saturated heterocycles. The molecule has 0 aliphatic heterocycles. The van der Waals surface area contributed by atoms with Crippen LogP contribution in [-0.4, -0.2) is 6.04 Å². The van der Waals surface area contributed by atoms with Crippen LogP contribution in [0.2, 0.25) is 0 Å². The van der Waals surface area contributed by atoms with Crippen LogP contribution in [-0.2, 0) is 6.18 Å². The molecule has 0 aliphatic rings. The van der Waals surface area contributed by atoms with Gasteiger partial charge in [-0.25, -0.2) is 0 Å². The molecule has 98 valence electrons. The Kier molecular flexibility index (Phi) is 5.03. The summed E-state index contributed by atoms with van der Waals surface area (Å²) in [7, 11) is 0. The molecule has 1 rings (SSSR count). The van der Waals surface area contributed by atoms with Crippen molar-refractivity contribution in [1.29, 1.82) is 5.26 Å². The first-order valence-electron chi connectivity index (χ1n) is 5.38. The summed E-state index contributed by atoms with van der Waals surface area (Å²) in [6, 6.07) is 5.81. The Bertz CT molecular complexity index is 452. The highest BCUT2D eigenvalue weighted by Crippen LogP contribution is 2.36. The lowest BCUT2D eigenvalue weighted by atomic mass is 10.1. The lowest BCUT2D eigenvalue weighted by molar-refractivity contribution is -0.138. The first kappa shape index (κ1) is 14.8. The van der Waals surface area contributed by atoms with Gasteiger partial charge in [-0.3, -0.25) is 0 Å². The number of halogens is 4. The van der Waals surface area contributed by atoms with Gasteiger partial charge in [0.05, 0.1) is 18.1 Å². The first-order valence-corrected chi connectivity index (χ1v) is 6.18. The molecular weight excluding hydrogens is 309 g/mol. The zero-order chi connectivity index (χ0) is 13.8. The Morgan fingerprint density at radius 3 is 2.61 bits per heavy atom. The standard InChI is InChI=1S/C12H12BrF3N2/c1-2-8(5-6-17)18-9-3-4-11(13)10(7-9)12(14,15)16/h3-4,7-8,18H,2,5H2,1H3. The zero-order valence-corrected chi connectivity index (χ0v) is 11.3. The summed E-state index contributed by atoms with van der Waals surface area (Å²) >= 11 is 2.88. The summed E-state index contributed by atoms with van der Waals surface area (Å²) in [6.45, 7) is 1.87. The molecule has 1 N–H and O–H groups in total. The number of rotatable bonds is 4. The predicted octanol–water partition coefficient (Wildman–Crippen LogP) is 4.57. The molecule has 0 radical (unpaired) electrons. The molecule has 1 atom stereocenters. The van der Waals surface area contributed by atoms with Crippen LogP contribution in [0.4, 0.5) is 18.9 Å². The Labute approximate surface area is 112 Å². The van der Waals surface area contributed by atoms with Crippen molar-refractivity contribution < 1.29 is 13.2 Å². The van der Waals surface area contributed by atoms with Crippen LogP contribution in [0.5, 0.6) is 0 Å². The van der Waals surface area contributed by atoms with Crippen molar-refractivity contribution >= 4 is 21.6 Å². The minimum atomic E-state index is -4.40. The summed E-state index contributed by atoms with van der Waals surface area (Å²) in [5, 5.41) is 11.5. The van der Waals surface area contributed by atoms with Crippen LogP contribution < -0.4 is 5.32 Å². The van der Waals surface area contributed by atoms with Gasteiger partial charge in [0.2, 0.25) is 0 Å². The fraction of sp³-hybridized carbons (Fsp3) is 0.417. The number of nitrogens with zero attached hydrogens (tertiary/aromatic N) is 1. The largest absolute Gasteiger partial charge is 0.417 e. The van der Waals surface area contributed by atoms with Crippen molar-refractivity contribution in [2.75, 3.05) is 5.32 Å². The topological polar surface area (TPSA) is 35.8 Å². The maximum absolute atomic E-state index is 12.7. The highest BCUT2D eigenvalue weighted by atomic mass is 79.9. The minimum absolute atomic E-state index is 0.00822. The average Bonchev–Trinajstić information content (AvgIpc) is 2.29. The minimum Gasteiger partial charge on any atom is -0.381 e. The van der Waals surface area contributed by atoms with Crippen molar-refractivity contribution in [1.82, 2.24) is 0 Å². The smallest absolute Gasteiger partial charge is 0.381 e. The second kappa shape index (κ2) is 6.10. The Morgan fingerprint density at radius 1 is 1.44 bits per heavy atom. The van der Waals surface area contributed by atoms with Gasteiger partial charge in [0, 0.05) is 16.2 Å². The molecular formula is C12H12BrF3N2. The van der Waals surface area contributed by atoms with Gasteiger partial charge in [-0.15, -0.1) is 0 Å². The van der Waals surface area contributed by atoms with Crippen LogP contribution >= 0.6 is 15.9 Å². The van der Waals surface area contributed by atoms with Gasteiger partial charge < -0.3 is 5.32 Å². The molecule has 0 amide bonds. The summed E-state index contributed by atoms with van der Waals surface area (Å²) in [5.74, 6) is 0. The second-order valence-electron chi connectivity index (χ2n) is 3.80. The monoisotopic (exact) mass is 320 g/mol. The molecule has 1 aromatic rings. The Morgan fingerprint density at radius 2 is 2.11 bits per heavy atom. The molecule has 0 heterocycles. The van der Waals surface area contributed by atoms with Crippen molar-refractivity contribution in [3.63, 3.8) is 0 Å². The van der Waals surface area contributed by atoms with E-state index in [2.05, 4.69) is 21.2 Å². The maximum atomic E-state index is 12.7. The average molecular weight is 321 g/mol. The van der Waals surface area contributed by atoms with Crippen molar-refractivity contribution in [2.45, 2.75) is 32.0 Å². The van der Waals surface area contributed by atoms with Crippen LogP contribution in [0.25, 0.3) is 0 Å². The molecule has 18 heavy (non-hydrogen) atoms. The zero-order valence-electron chi connectivity index (χ0n) is 9.68. The number of nitriles is 1. The molecule has 0 aromatic heterocycles. The molecule has 0 aliphatic carbocycles. The van der Waals surface area contributed by atoms with Gasteiger partial charge in [0.1, 0.15) is 0 Å². The van der Waals surface area contributed by atoms with Crippen LogP contribution in [0.1, 0.15) is 25.3 Å². The van der Waals surface area contributed by atoms with Gasteiger partial charge >= 0.3 is 6.18 Å². The van der Waals surface area contributed by atoms with E-state index in [1.807, 2.05) is 13.0 Å². The molecule has 0 bridgehead atoms. The number of benzene rings is 1. The van der Waals surface area contributed by atoms with Crippen molar-refractivity contribution in [2.24, 2.45) is 0 Å².